The van der Waals surface area contributed by atoms with Gasteiger partial charge in [0.2, 0.25) is 5.91 Å². The molecule has 154 valence electrons. The molecule has 0 saturated carbocycles. The summed E-state index contributed by atoms with van der Waals surface area (Å²) < 4.78 is 0. The molecule has 0 aromatic heterocycles. The Balaban J connectivity index is 1.27. The van der Waals surface area contributed by atoms with Crippen molar-refractivity contribution in [3.05, 3.63) is 70.7 Å². The Hall–Kier alpha value is -1.84. The van der Waals surface area contributed by atoms with E-state index in [-0.39, 0.29) is 5.92 Å². The molecular weight excluding hydrogens is 380 g/mol. The van der Waals surface area contributed by atoms with Gasteiger partial charge in [-0.1, -0.05) is 60.1 Å². The second-order valence-electron chi connectivity index (χ2n) is 8.62. The first kappa shape index (κ1) is 20.4. The number of amides is 1. The molecule has 0 spiro atoms. The van der Waals surface area contributed by atoms with E-state index in [9.17, 15) is 4.79 Å². The number of rotatable bonds is 5. The van der Waals surface area contributed by atoms with E-state index in [2.05, 4.69) is 46.2 Å². The molecule has 0 radical (unpaired) electrons. The lowest BCUT2D eigenvalue weighted by Gasteiger charge is -2.38. The largest absolute Gasteiger partial charge is 0.342 e. The fourth-order valence-electron chi connectivity index (χ4n) is 4.83. The predicted octanol–water partition coefficient (Wildman–Crippen LogP) is 5.03. The van der Waals surface area contributed by atoms with Gasteiger partial charge in [-0.15, -0.1) is 0 Å². The number of nitrogens with zero attached hydrogens (tertiary/aromatic N) is 2. The molecule has 2 fully saturated rings. The molecule has 2 saturated heterocycles. The third-order valence-electron chi connectivity index (χ3n) is 6.50. The molecule has 0 unspecified atom stereocenters. The van der Waals surface area contributed by atoms with Crippen LogP contribution in [0.3, 0.4) is 0 Å². The third-order valence-corrected chi connectivity index (χ3v) is 6.87. The minimum atomic E-state index is 0.136. The SMILES string of the molecule is O=C([C@@H]1CCCN(Cc2ccccc2Cl)C1)N1CCC(Cc2ccccc2)CC1. The Morgan fingerprint density at radius 1 is 0.931 bits per heavy atom. The smallest absolute Gasteiger partial charge is 0.226 e. The van der Waals surface area contributed by atoms with Crippen molar-refractivity contribution < 1.29 is 4.79 Å². The van der Waals surface area contributed by atoms with Crippen molar-refractivity contribution in [3.8, 4) is 0 Å². The van der Waals surface area contributed by atoms with Gasteiger partial charge in [0.25, 0.3) is 0 Å². The van der Waals surface area contributed by atoms with E-state index in [0.717, 1.165) is 75.4 Å². The minimum Gasteiger partial charge on any atom is -0.342 e. The van der Waals surface area contributed by atoms with Crippen LogP contribution in [0.25, 0.3) is 0 Å². The van der Waals surface area contributed by atoms with Gasteiger partial charge in [0.15, 0.2) is 0 Å². The highest BCUT2D eigenvalue weighted by Gasteiger charge is 2.31. The Kier molecular flexibility index (Phi) is 6.89. The number of likely N-dealkylation sites (tertiary alicyclic amines) is 2. The summed E-state index contributed by atoms with van der Waals surface area (Å²) in [6.07, 6.45) is 5.48. The number of carbonyl (C=O) groups excluding carboxylic acids is 1. The molecule has 2 aromatic rings. The molecule has 2 heterocycles. The van der Waals surface area contributed by atoms with Gasteiger partial charge < -0.3 is 4.90 Å². The van der Waals surface area contributed by atoms with E-state index < -0.39 is 0 Å². The van der Waals surface area contributed by atoms with Crippen LogP contribution >= 0.6 is 11.6 Å². The topological polar surface area (TPSA) is 23.6 Å². The number of benzene rings is 2. The maximum atomic E-state index is 13.2. The van der Waals surface area contributed by atoms with Crippen molar-refractivity contribution in [3.63, 3.8) is 0 Å². The lowest BCUT2D eigenvalue weighted by molar-refractivity contribution is -0.138. The zero-order valence-electron chi connectivity index (χ0n) is 17.1. The van der Waals surface area contributed by atoms with Crippen LogP contribution in [0.2, 0.25) is 5.02 Å². The molecule has 0 N–H and O–H groups in total. The fourth-order valence-corrected chi connectivity index (χ4v) is 5.03. The lowest BCUT2D eigenvalue weighted by atomic mass is 9.89. The Labute approximate surface area is 179 Å². The van der Waals surface area contributed by atoms with Crippen LogP contribution in [0.15, 0.2) is 54.6 Å². The second-order valence-corrected chi connectivity index (χ2v) is 9.03. The summed E-state index contributed by atoms with van der Waals surface area (Å²) in [5, 5.41) is 0.821. The first-order chi connectivity index (χ1) is 14.2. The van der Waals surface area contributed by atoms with Crippen LogP contribution in [0.5, 0.6) is 0 Å². The average molecular weight is 411 g/mol. The zero-order valence-corrected chi connectivity index (χ0v) is 17.9. The van der Waals surface area contributed by atoms with Gasteiger partial charge in [0.05, 0.1) is 5.92 Å². The standard InChI is InChI=1S/C25H31ClN2O/c26-24-11-5-4-9-22(24)18-27-14-6-10-23(19-27)25(29)28-15-12-21(13-16-28)17-20-7-2-1-3-8-20/h1-5,7-9,11,21,23H,6,10,12-19H2/t23-/m1/s1. The highest BCUT2D eigenvalue weighted by Crippen LogP contribution is 2.26. The molecule has 4 rings (SSSR count). The second kappa shape index (κ2) is 9.77. The molecule has 2 aliphatic heterocycles. The van der Waals surface area contributed by atoms with E-state index in [4.69, 9.17) is 11.6 Å². The van der Waals surface area contributed by atoms with Crippen LogP contribution in [0.1, 0.15) is 36.8 Å². The summed E-state index contributed by atoms with van der Waals surface area (Å²) in [4.78, 5) is 17.7. The van der Waals surface area contributed by atoms with E-state index in [0.29, 0.717) is 11.8 Å². The summed E-state index contributed by atoms with van der Waals surface area (Å²) in [6, 6.07) is 18.8. The fraction of sp³-hybridized carbons (Fsp3) is 0.480. The molecule has 0 aliphatic carbocycles. The zero-order chi connectivity index (χ0) is 20.1. The number of hydrogen-bond acceptors (Lipinski definition) is 2. The van der Waals surface area contributed by atoms with Gasteiger partial charge in [-0.3, -0.25) is 9.69 Å². The van der Waals surface area contributed by atoms with E-state index in [1.54, 1.807) is 0 Å². The lowest BCUT2D eigenvalue weighted by Crippen LogP contribution is -2.47. The highest BCUT2D eigenvalue weighted by atomic mass is 35.5. The van der Waals surface area contributed by atoms with Crippen molar-refractivity contribution in [2.75, 3.05) is 26.2 Å². The summed E-state index contributed by atoms with van der Waals surface area (Å²) in [5.41, 5.74) is 2.57. The molecule has 1 amide bonds. The molecule has 2 aliphatic rings. The highest BCUT2D eigenvalue weighted by molar-refractivity contribution is 6.31. The molecule has 29 heavy (non-hydrogen) atoms. The monoisotopic (exact) mass is 410 g/mol. The molecule has 1 atom stereocenters. The van der Waals surface area contributed by atoms with Gasteiger partial charge in [-0.2, -0.15) is 0 Å². The first-order valence-corrected chi connectivity index (χ1v) is 11.4. The van der Waals surface area contributed by atoms with E-state index >= 15 is 0 Å². The number of halogens is 1. The van der Waals surface area contributed by atoms with Crippen molar-refractivity contribution in [1.82, 2.24) is 9.80 Å². The van der Waals surface area contributed by atoms with Crippen molar-refractivity contribution in [2.24, 2.45) is 11.8 Å². The normalized spacial score (nSPS) is 21.3. The molecule has 2 aromatic carbocycles. The van der Waals surface area contributed by atoms with Gasteiger partial charge in [-0.05, 0) is 61.8 Å². The van der Waals surface area contributed by atoms with Crippen molar-refractivity contribution >= 4 is 17.5 Å². The number of piperidine rings is 2. The molecule has 3 nitrogen and oxygen atoms in total. The average Bonchev–Trinajstić information content (AvgIpc) is 2.76. The summed E-state index contributed by atoms with van der Waals surface area (Å²) in [6.45, 7) is 4.57. The maximum Gasteiger partial charge on any atom is 0.226 e. The molecule has 4 heteroatoms. The van der Waals surface area contributed by atoms with Crippen LogP contribution in [-0.4, -0.2) is 41.9 Å². The quantitative estimate of drug-likeness (QED) is 0.689. The molecular formula is C25H31ClN2O. The van der Waals surface area contributed by atoms with E-state index in [1.807, 2.05) is 18.2 Å². The maximum absolute atomic E-state index is 13.2. The Bertz CT molecular complexity index is 801. The van der Waals surface area contributed by atoms with Crippen molar-refractivity contribution in [1.29, 1.82) is 0 Å². The Morgan fingerprint density at radius 3 is 2.41 bits per heavy atom. The van der Waals surface area contributed by atoms with E-state index in [1.165, 1.54) is 5.56 Å². The minimum absolute atomic E-state index is 0.136. The van der Waals surface area contributed by atoms with Gasteiger partial charge in [0.1, 0.15) is 0 Å². The number of hydrogen-bond donors (Lipinski definition) is 0. The van der Waals surface area contributed by atoms with Gasteiger partial charge in [-0.25, -0.2) is 0 Å². The number of carbonyl (C=O) groups is 1. The Morgan fingerprint density at radius 2 is 1.66 bits per heavy atom. The van der Waals surface area contributed by atoms with Crippen molar-refractivity contribution in [2.45, 2.75) is 38.6 Å². The van der Waals surface area contributed by atoms with Crippen LogP contribution < -0.4 is 0 Å². The first-order valence-electron chi connectivity index (χ1n) is 11.0. The van der Waals surface area contributed by atoms with Crippen LogP contribution in [-0.2, 0) is 17.8 Å². The summed E-state index contributed by atoms with van der Waals surface area (Å²) in [7, 11) is 0. The third kappa shape index (κ3) is 5.40. The van der Waals surface area contributed by atoms with Gasteiger partial charge >= 0.3 is 0 Å². The summed E-state index contributed by atoms with van der Waals surface area (Å²) in [5.74, 6) is 1.20. The molecule has 0 bridgehead atoms. The van der Waals surface area contributed by atoms with Crippen LogP contribution in [0.4, 0.5) is 0 Å². The summed E-state index contributed by atoms with van der Waals surface area (Å²) >= 11 is 6.33. The van der Waals surface area contributed by atoms with Crippen LogP contribution in [0, 0.1) is 11.8 Å². The van der Waals surface area contributed by atoms with Gasteiger partial charge in [0, 0.05) is 31.2 Å². The predicted molar refractivity (Wildman–Crippen MR) is 119 cm³/mol.